The Labute approximate surface area is 242 Å². The van der Waals surface area contributed by atoms with E-state index < -0.39 is 34.3 Å². The van der Waals surface area contributed by atoms with Gasteiger partial charge in [0, 0.05) is 12.6 Å². The zero-order chi connectivity index (χ0) is 29.6. The first-order valence-electron chi connectivity index (χ1n) is 14.1. The van der Waals surface area contributed by atoms with Gasteiger partial charge in [-0.1, -0.05) is 67.3 Å². The quantitative estimate of drug-likeness (QED) is 0.344. The number of hydrogen-bond acceptors (Lipinski definition) is 4. The Kier molecular flexibility index (Phi) is 9.81. The second-order valence-electron chi connectivity index (χ2n) is 10.8. The van der Waals surface area contributed by atoms with Crippen LogP contribution < -0.4 is 9.62 Å². The van der Waals surface area contributed by atoms with E-state index in [0.717, 1.165) is 42.0 Å². The summed E-state index contributed by atoms with van der Waals surface area (Å²) in [6.07, 6.45) is 5.00. The molecule has 1 aliphatic carbocycles. The van der Waals surface area contributed by atoms with Crippen LogP contribution in [0.25, 0.3) is 0 Å². The average molecular weight is 580 g/mol. The molecule has 7 nitrogen and oxygen atoms in total. The number of aryl methyl sites for hydroxylation is 2. The monoisotopic (exact) mass is 579 g/mol. The first kappa shape index (κ1) is 30.2. The number of carbonyl (C=O) groups is 2. The maximum absolute atomic E-state index is 14.1. The van der Waals surface area contributed by atoms with Crippen LogP contribution in [0.2, 0.25) is 0 Å². The van der Waals surface area contributed by atoms with Gasteiger partial charge in [-0.3, -0.25) is 13.9 Å². The molecule has 0 bridgehead atoms. The zero-order valence-corrected chi connectivity index (χ0v) is 24.7. The molecule has 0 aromatic heterocycles. The molecular formula is C32H38FN3O4S. The van der Waals surface area contributed by atoms with E-state index in [1.165, 1.54) is 29.2 Å². The fraction of sp³-hybridized carbons (Fsp3) is 0.375. The van der Waals surface area contributed by atoms with Crippen LogP contribution >= 0.6 is 0 Å². The number of hydrogen-bond donors (Lipinski definition) is 1. The molecule has 0 unspecified atom stereocenters. The van der Waals surface area contributed by atoms with Crippen molar-refractivity contribution < 1.29 is 22.4 Å². The predicted octanol–water partition coefficient (Wildman–Crippen LogP) is 5.50. The number of halogens is 1. The summed E-state index contributed by atoms with van der Waals surface area (Å²) in [7, 11) is -4.13. The number of anilines is 1. The Bertz CT molecular complexity index is 1460. The Hall–Kier alpha value is -3.72. The van der Waals surface area contributed by atoms with Gasteiger partial charge in [-0.15, -0.1) is 0 Å². The van der Waals surface area contributed by atoms with Gasteiger partial charge in [0.15, 0.2) is 0 Å². The SMILES string of the molecule is Cc1ccc(N(CC(=O)N(Cc2ccc(F)cc2)[C@@H](C)C(=O)NC2CCCCC2)S(=O)(=O)c2ccccc2)c(C)c1. The molecule has 1 fully saturated rings. The third kappa shape index (κ3) is 7.52. The summed E-state index contributed by atoms with van der Waals surface area (Å²) in [6, 6.07) is 18.2. The normalized spacial score (nSPS) is 14.7. The molecule has 0 saturated heterocycles. The van der Waals surface area contributed by atoms with Crippen molar-refractivity contribution in [3.8, 4) is 0 Å². The number of nitrogens with one attached hydrogen (secondary N) is 1. The molecule has 218 valence electrons. The molecule has 0 heterocycles. The highest BCUT2D eigenvalue weighted by Gasteiger charge is 2.33. The number of nitrogens with zero attached hydrogens (tertiary/aromatic N) is 2. The third-order valence-corrected chi connectivity index (χ3v) is 9.39. The highest BCUT2D eigenvalue weighted by atomic mass is 32.2. The van der Waals surface area contributed by atoms with Crippen molar-refractivity contribution in [2.45, 2.75) is 76.4 Å². The van der Waals surface area contributed by atoms with Crippen molar-refractivity contribution in [1.29, 1.82) is 0 Å². The molecule has 1 aliphatic rings. The highest BCUT2D eigenvalue weighted by molar-refractivity contribution is 7.92. The number of amides is 2. The van der Waals surface area contributed by atoms with Gasteiger partial charge < -0.3 is 10.2 Å². The molecule has 9 heteroatoms. The lowest BCUT2D eigenvalue weighted by Gasteiger charge is -2.33. The van der Waals surface area contributed by atoms with Crippen LogP contribution in [-0.2, 0) is 26.2 Å². The van der Waals surface area contributed by atoms with Crippen molar-refractivity contribution in [2.24, 2.45) is 0 Å². The van der Waals surface area contributed by atoms with Crippen molar-refractivity contribution >= 4 is 27.5 Å². The molecule has 4 rings (SSSR count). The number of benzene rings is 3. The molecule has 3 aromatic carbocycles. The van der Waals surface area contributed by atoms with Crippen LogP contribution in [0.15, 0.2) is 77.7 Å². The number of sulfonamides is 1. The fourth-order valence-electron chi connectivity index (χ4n) is 5.26. The van der Waals surface area contributed by atoms with Gasteiger partial charge in [-0.25, -0.2) is 12.8 Å². The largest absolute Gasteiger partial charge is 0.352 e. The maximum Gasteiger partial charge on any atom is 0.264 e. The minimum atomic E-state index is -4.13. The lowest BCUT2D eigenvalue weighted by Crippen LogP contribution is -2.53. The second-order valence-corrected chi connectivity index (χ2v) is 12.6. The summed E-state index contributed by atoms with van der Waals surface area (Å²) in [5, 5.41) is 3.08. The van der Waals surface area contributed by atoms with E-state index in [0.29, 0.717) is 16.8 Å². The lowest BCUT2D eigenvalue weighted by molar-refractivity contribution is -0.139. The highest BCUT2D eigenvalue weighted by Crippen LogP contribution is 2.28. The van der Waals surface area contributed by atoms with Crippen molar-refractivity contribution in [3.05, 3.63) is 95.3 Å². The van der Waals surface area contributed by atoms with Crippen LogP contribution in [0.3, 0.4) is 0 Å². The van der Waals surface area contributed by atoms with Gasteiger partial charge >= 0.3 is 0 Å². The fourth-order valence-corrected chi connectivity index (χ4v) is 6.76. The molecule has 1 N–H and O–H groups in total. The smallest absolute Gasteiger partial charge is 0.264 e. The van der Waals surface area contributed by atoms with Crippen molar-refractivity contribution in [1.82, 2.24) is 10.2 Å². The average Bonchev–Trinajstić information content (AvgIpc) is 2.96. The van der Waals surface area contributed by atoms with Crippen molar-refractivity contribution in [2.75, 3.05) is 10.8 Å². The minimum Gasteiger partial charge on any atom is -0.352 e. The third-order valence-electron chi connectivity index (χ3n) is 7.62. The molecule has 1 atom stereocenters. The van der Waals surface area contributed by atoms with E-state index in [1.54, 1.807) is 56.3 Å². The van der Waals surface area contributed by atoms with Crippen LogP contribution in [0.4, 0.5) is 10.1 Å². The van der Waals surface area contributed by atoms with Gasteiger partial charge in [-0.2, -0.15) is 0 Å². The summed E-state index contributed by atoms with van der Waals surface area (Å²) in [5.74, 6) is -1.25. The van der Waals surface area contributed by atoms with Crippen LogP contribution in [0.5, 0.6) is 0 Å². The van der Waals surface area contributed by atoms with Gasteiger partial charge in [0.25, 0.3) is 10.0 Å². The number of rotatable bonds is 10. The van der Waals surface area contributed by atoms with Gasteiger partial charge in [-0.05, 0) is 75.1 Å². The number of carbonyl (C=O) groups excluding carboxylic acids is 2. The molecule has 0 aliphatic heterocycles. The minimum absolute atomic E-state index is 0.0183. The van der Waals surface area contributed by atoms with E-state index >= 15 is 0 Å². The van der Waals surface area contributed by atoms with E-state index in [1.807, 2.05) is 13.0 Å². The first-order chi connectivity index (χ1) is 19.6. The molecular weight excluding hydrogens is 541 g/mol. The van der Waals surface area contributed by atoms with E-state index in [4.69, 9.17) is 0 Å². The first-order valence-corrected chi connectivity index (χ1v) is 15.5. The van der Waals surface area contributed by atoms with E-state index in [2.05, 4.69) is 5.32 Å². The summed E-state index contributed by atoms with van der Waals surface area (Å²) in [5.41, 5.74) is 2.67. The standard InChI is InChI=1S/C32H38FN3O4S/c1-23-14-19-30(24(2)20-23)36(41(39,40)29-12-8-5-9-13-29)22-31(37)35(21-26-15-17-27(33)18-16-26)25(3)32(38)34-28-10-6-4-7-11-28/h5,8-9,12-20,25,28H,4,6-7,10-11,21-22H2,1-3H3,(H,34,38)/t25-/m0/s1. The lowest BCUT2D eigenvalue weighted by atomic mass is 9.95. The van der Waals surface area contributed by atoms with Gasteiger partial charge in [0.2, 0.25) is 11.8 Å². The van der Waals surface area contributed by atoms with Crippen LogP contribution in [-0.4, -0.2) is 43.8 Å². The topological polar surface area (TPSA) is 86.8 Å². The molecule has 41 heavy (non-hydrogen) atoms. The van der Waals surface area contributed by atoms with Gasteiger partial charge in [0.1, 0.15) is 18.4 Å². The Morgan fingerprint density at radius 1 is 0.951 bits per heavy atom. The molecule has 2 amide bonds. The predicted molar refractivity (Wildman–Crippen MR) is 158 cm³/mol. The zero-order valence-electron chi connectivity index (χ0n) is 23.8. The van der Waals surface area contributed by atoms with Gasteiger partial charge in [0.05, 0.1) is 10.6 Å². The Morgan fingerprint density at radius 2 is 1.61 bits per heavy atom. The molecule has 3 aromatic rings. The maximum atomic E-state index is 14.1. The van der Waals surface area contributed by atoms with E-state index in [9.17, 15) is 22.4 Å². The molecule has 1 saturated carbocycles. The van der Waals surface area contributed by atoms with Crippen LogP contribution in [0, 0.1) is 19.7 Å². The van der Waals surface area contributed by atoms with Crippen molar-refractivity contribution in [3.63, 3.8) is 0 Å². The Balaban J connectivity index is 1.69. The van der Waals surface area contributed by atoms with Crippen LogP contribution in [0.1, 0.15) is 55.7 Å². The molecule has 0 spiro atoms. The summed E-state index contributed by atoms with van der Waals surface area (Å²) >= 11 is 0. The molecule has 0 radical (unpaired) electrons. The summed E-state index contributed by atoms with van der Waals surface area (Å²) in [4.78, 5) is 28.9. The second kappa shape index (κ2) is 13.3. The van der Waals surface area contributed by atoms with E-state index in [-0.39, 0.29) is 23.4 Å². The summed E-state index contributed by atoms with van der Waals surface area (Å²) in [6.45, 7) is 4.87. The summed E-state index contributed by atoms with van der Waals surface area (Å²) < 4.78 is 42.6. The Morgan fingerprint density at radius 3 is 2.24 bits per heavy atom.